The summed E-state index contributed by atoms with van der Waals surface area (Å²) in [6.45, 7) is 6.56. The molecule has 2 heterocycles. The summed E-state index contributed by atoms with van der Waals surface area (Å²) in [5.41, 5.74) is 14.5. The third kappa shape index (κ3) is 7.33. The van der Waals surface area contributed by atoms with E-state index in [1.165, 1.54) is 25.5 Å². The lowest BCUT2D eigenvalue weighted by atomic mass is 10.1. The second-order valence-corrected chi connectivity index (χ2v) is 9.34. The van der Waals surface area contributed by atoms with Gasteiger partial charge in [-0.1, -0.05) is 6.08 Å². The number of anilines is 1. The second kappa shape index (κ2) is 11.7. The predicted octanol–water partition coefficient (Wildman–Crippen LogP) is 2.03. The molecule has 1 saturated heterocycles. The number of nitrogens with one attached hydrogen (secondary N) is 3. The largest absolute Gasteiger partial charge is 0.404 e. The molecule has 0 aliphatic carbocycles. The first-order valence-electron chi connectivity index (χ1n) is 11.7. The van der Waals surface area contributed by atoms with Crippen molar-refractivity contribution in [3.63, 3.8) is 0 Å². The minimum Gasteiger partial charge on any atom is -0.404 e. The van der Waals surface area contributed by atoms with Crippen molar-refractivity contribution >= 4 is 17.9 Å². The van der Waals surface area contributed by atoms with Crippen LogP contribution in [0, 0.1) is 0 Å². The Labute approximate surface area is 201 Å². The van der Waals surface area contributed by atoms with Crippen LogP contribution in [-0.4, -0.2) is 43.5 Å². The molecule has 1 aromatic carbocycles. The molecule has 3 rings (SSSR count). The first-order chi connectivity index (χ1) is 16.3. The van der Waals surface area contributed by atoms with E-state index in [0.29, 0.717) is 24.0 Å². The van der Waals surface area contributed by atoms with Gasteiger partial charge >= 0.3 is 0 Å². The number of rotatable bonds is 9. The van der Waals surface area contributed by atoms with Crippen LogP contribution >= 0.6 is 0 Å². The van der Waals surface area contributed by atoms with Crippen molar-refractivity contribution in [1.82, 2.24) is 16.0 Å². The lowest BCUT2D eigenvalue weighted by molar-refractivity contribution is -0.105. The van der Waals surface area contributed by atoms with Crippen molar-refractivity contribution in [2.45, 2.75) is 44.8 Å². The molecule has 1 aromatic rings. The van der Waals surface area contributed by atoms with E-state index in [-0.39, 0.29) is 23.3 Å². The van der Waals surface area contributed by atoms with Crippen molar-refractivity contribution < 1.29 is 9.59 Å². The Morgan fingerprint density at radius 1 is 1.21 bits per heavy atom. The van der Waals surface area contributed by atoms with Gasteiger partial charge < -0.3 is 27.0 Å². The standard InChI is InChI=1S/C26H36N6O2/c1-26(2,28)18-29-24-8-6-7-23(31-24)20(16-27)15-21(17-33)30-25(34)19-9-11-22(12-10-19)32-13-4-3-5-14-32/h6-12,15-17,24,29,31H,3-5,13-14,18,27-28H2,1-2H3,(H,30,34)/b20-16+,21-15+. The zero-order valence-corrected chi connectivity index (χ0v) is 20.0. The van der Waals surface area contributed by atoms with E-state index >= 15 is 0 Å². The fourth-order valence-corrected chi connectivity index (χ4v) is 3.86. The van der Waals surface area contributed by atoms with Crippen LogP contribution < -0.4 is 32.3 Å². The average molecular weight is 465 g/mol. The van der Waals surface area contributed by atoms with E-state index in [2.05, 4.69) is 20.9 Å². The highest BCUT2D eigenvalue weighted by Gasteiger charge is 2.17. The Bertz CT molecular complexity index is 980. The summed E-state index contributed by atoms with van der Waals surface area (Å²) in [7, 11) is 0. The molecule has 0 radical (unpaired) electrons. The molecule has 8 heteroatoms. The van der Waals surface area contributed by atoms with E-state index in [1.54, 1.807) is 18.2 Å². The first-order valence-corrected chi connectivity index (χ1v) is 11.7. The average Bonchev–Trinajstić information content (AvgIpc) is 2.85. The molecule has 7 N–H and O–H groups in total. The molecule has 0 bridgehead atoms. The number of dihydropyridines is 1. The number of hydrogen-bond donors (Lipinski definition) is 5. The minimum atomic E-state index is -0.357. The van der Waals surface area contributed by atoms with Crippen molar-refractivity contribution in [2.24, 2.45) is 11.5 Å². The van der Waals surface area contributed by atoms with Crippen LogP contribution in [0.4, 0.5) is 5.69 Å². The van der Waals surface area contributed by atoms with Gasteiger partial charge in [-0.05, 0) is 75.6 Å². The topological polar surface area (TPSA) is 126 Å². The van der Waals surface area contributed by atoms with Gasteiger partial charge in [0.1, 0.15) is 0 Å². The zero-order valence-electron chi connectivity index (χ0n) is 20.0. The Hall–Kier alpha value is -3.36. The number of carbonyl (C=O) groups is 2. The van der Waals surface area contributed by atoms with Crippen molar-refractivity contribution in [3.8, 4) is 0 Å². The summed E-state index contributed by atoms with van der Waals surface area (Å²) in [4.78, 5) is 26.8. The number of amides is 1. The maximum absolute atomic E-state index is 12.7. The highest BCUT2D eigenvalue weighted by Crippen LogP contribution is 2.20. The SMILES string of the molecule is CC(C)(N)CNC1C=CC=C(C(/C=C(\C=O)NC(=O)c2ccc(N3CCCCC3)cc2)=C/N)N1. The van der Waals surface area contributed by atoms with Crippen LogP contribution in [-0.2, 0) is 4.79 Å². The summed E-state index contributed by atoms with van der Waals surface area (Å²) >= 11 is 0. The number of hydrogen-bond acceptors (Lipinski definition) is 7. The zero-order chi connectivity index (χ0) is 24.6. The van der Waals surface area contributed by atoms with Gasteiger partial charge in [-0.3, -0.25) is 14.9 Å². The molecule has 8 nitrogen and oxygen atoms in total. The van der Waals surface area contributed by atoms with Crippen LogP contribution in [0.1, 0.15) is 43.5 Å². The number of benzene rings is 1. The van der Waals surface area contributed by atoms with E-state index in [4.69, 9.17) is 11.5 Å². The molecule has 0 aromatic heterocycles. The normalized spacial score (nSPS) is 19.3. The van der Waals surface area contributed by atoms with Gasteiger partial charge in [0.2, 0.25) is 0 Å². The fourth-order valence-electron chi connectivity index (χ4n) is 3.86. The van der Waals surface area contributed by atoms with Crippen LogP contribution in [0.15, 0.2) is 71.7 Å². The summed E-state index contributed by atoms with van der Waals surface area (Å²) < 4.78 is 0. The molecule has 1 unspecified atom stereocenters. The van der Waals surface area contributed by atoms with Crippen LogP contribution in [0.2, 0.25) is 0 Å². The lowest BCUT2D eigenvalue weighted by Crippen LogP contribution is -2.50. The molecule has 182 valence electrons. The summed E-state index contributed by atoms with van der Waals surface area (Å²) in [5.74, 6) is -0.352. The Morgan fingerprint density at radius 2 is 1.91 bits per heavy atom. The predicted molar refractivity (Wildman–Crippen MR) is 137 cm³/mol. The van der Waals surface area contributed by atoms with E-state index in [9.17, 15) is 9.59 Å². The first kappa shape index (κ1) is 25.3. The highest BCUT2D eigenvalue weighted by atomic mass is 16.2. The molecule has 1 atom stereocenters. The molecular formula is C26H36N6O2. The molecule has 2 aliphatic rings. The second-order valence-electron chi connectivity index (χ2n) is 9.34. The van der Waals surface area contributed by atoms with Crippen molar-refractivity contribution in [2.75, 3.05) is 24.5 Å². The van der Waals surface area contributed by atoms with Gasteiger partial charge in [-0.15, -0.1) is 0 Å². The van der Waals surface area contributed by atoms with Gasteiger partial charge in [0.25, 0.3) is 5.91 Å². The highest BCUT2D eigenvalue weighted by molar-refractivity contribution is 5.98. The van der Waals surface area contributed by atoms with E-state index < -0.39 is 0 Å². The maximum Gasteiger partial charge on any atom is 0.255 e. The summed E-state index contributed by atoms with van der Waals surface area (Å²) in [6.07, 6.45) is 12.8. The lowest BCUT2D eigenvalue weighted by Gasteiger charge is -2.28. The monoisotopic (exact) mass is 464 g/mol. The van der Waals surface area contributed by atoms with Gasteiger partial charge in [0.05, 0.1) is 11.9 Å². The molecule has 1 fully saturated rings. The van der Waals surface area contributed by atoms with Crippen LogP contribution in [0.25, 0.3) is 0 Å². The minimum absolute atomic E-state index is 0.117. The number of allylic oxidation sites excluding steroid dienone is 4. The van der Waals surface area contributed by atoms with Gasteiger partial charge in [0.15, 0.2) is 6.29 Å². The maximum atomic E-state index is 12.7. The van der Waals surface area contributed by atoms with Crippen molar-refractivity contribution in [1.29, 1.82) is 0 Å². The molecule has 0 saturated carbocycles. The summed E-state index contributed by atoms with van der Waals surface area (Å²) in [6, 6.07) is 7.47. The number of aldehydes is 1. The molecule has 1 amide bonds. The Morgan fingerprint density at radius 3 is 2.53 bits per heavy atom. The van der Waals surface area contributed by atoms with Gasteiger partial charge in [-0.2, -0.15) is 0 Å². The van der Waals surface area contributed by atoms with E-state index in [0.717, 1.165) is 24.5 Å². The van der Waals surface area contributed by atoms with Crippen molar-refractivity contribution in [3.05, 3.63) is 77.3 Å². The van der Waals surface area contributed by atoms with Crippen LogP contribution in [0.5, 0.6) is 0 Å². The van der Waals surface area contributed by atoms with Gasteiger partial charge in [-0.25, -0.2) is 0 Å². The smallest absolute Gasteiger partial charge is 0.255 e. The number of carbonyl (C=O) groups excluding carboxylic acids is 2. The van der Waals surface area contributed by atoms with E-state index in [1.807, 2.05) is 44.2 Å². The molecule has 0 spiro atoms. The van der Waals surface area contributed by atoms with Gasteiger partial charge in [0, 0.05) is 53.9 Å². The molecule has 2 aliphatic heterocycles. The third-order valence-electron chi connectivity index (χ3n) is 5.69. The molecular weight excluding hydrogens is 428 g/mol. The number of nitrogens with zero attached hydrogens (tertiary/aromatic N) is 1. The number of nitrogens with two attached hydrogens (primary N) is 2. The number of piperidine rings is 1. The summed E-state index contributed by atoms with van der Waals surface area (Å²) in [5, 5.41) is 9.32. The quantitative estimate of drug-likeness (QED) is 0.215. The third-order valence-corrected chi connectivity index (χ3v) is 5.69. The van der Waals surface area contributed by atoms with Crippen LogP contribution in [0.3, 0.4) is 0 Å². The Balaban J connectivity index is 1.64. The fraction of sp³-hybridized carbons (Fsp3) is 0.385. The Kier molecular flexibility index (Phi) is 8.67. The molecule has 34 heavy (non-hydrogen) atoms.